The third kappa shape index (κ3) is 4.77. The fourth-order valence-electron chi connectivity index (χ4n) is 2.40. The smallest absolute Gasteiger partial charge is 0.253 e. The van der Waals surface area contributed by atoms with Gasteiger partial charge in [-0.15, -0.1) is 0 Å². The molecule has 0 aliphatic heterocycles. The first-order valence-electron chi connectivity index (χ1n) is 8.01. The monoisotopic (exact) mass is 313 g/mol. The summed E-state index contributed by atoms with van der Waals surface area (Å²) in [6.45, 7) is 5.15. The van der Waals surface area contributed by atoms with E-state index < -0.39 is 0 Å². The Labute approximate surface area is 136 Å². The molecule has 2 aromatic rings. The minimum atomic E-state index is -0.174. The number of carbonyl (C=O) groups excluding carboxylic acids is 1. The molecule has 23 heavy (non-hydrogen) atoms. The van der Waals surface area contributed by atoms with Crippen LogP contribution in [0.15, 0.2) is 47.5 Å². The van der Waals surface area contributed by atoms with Crippen LogP contribution in [0.3, 0.4) is 0 Å². The fraction of sp³-hybridized carbons (Fsp3) is 0.389. The topological polar surface area (TPSA) is 55.2 Å². The third-order valence-corrected chi connectivity index (χ3v) is 3.70. The van der Waals surface area contributed by atoms with Crippen molar-refractivity contribution in [3.05, 3.63) is 64.3 Å². The molecule has 122 valence electrons. The number of hydrogen-bond donors (Lipinski definition) is 0. The van der Waals surface area contributed by atoms with Gasteiger partial charge in [-0.2, -0.15) is 0 Å². The van der Waals surface area contributed by atoms with Crippen LogP contribution in [0.1, 0.15) is 31.5 Å². The molecule has 0 N–H and O–H groups in total. The van der Waals surface area contributed by atoms with Gasteiger partial charge in [0.15, 0.2) is 0 Å². The van der Waals surface area contributed by atoms with Crippen molar-refractivity contribution in [2.75, 3.05) is 6.54 Å². The van der Waals surface area contributed by atoms with Crippen LogP contribution in [0.4, 0.5) is 0 Å². The zero-order valence-corrected chi connectivity index (χ0v) is 13.7. The number of aromatic nitrogens is 2. The number of carbonyl (C=O) groups is 1. The van der Waals surface area contributed by atoms with E-state index in [1.54, 1.807) is 4.90 Å². The molecule has 1 heterocycles. The molecule has 5 nitrogen and oxygen atoms in total. The number of rotatable bonds is 7. The van der Waals surface area contributed by atoms with Crippen molar-refractivity contribution in [3.63, 3.8) is 0 Å². The molecular formula is C18H23N3O2. The molecule has 0 unspecified atom stereocenters. The molecule has 0 aliphatic rings. The highest BCUT2D eigenvalue weighted by atomic mass is 16.2. The predicted octanol–water partition coefficient (Wildman–Crippen LogP) is 2.24. The Morgan fingerprint density at radius 1 is 1.22 bits per heavy atom. The quantitative estimate of drug-likeness (QED) is 0.788. The minimum Gasteiger partial charge on any atom is -0.337 e. The number of likely N-dealkylation sites (N-methyl/N-ethyl adjacent to an activating group) is 1. The Kier molecular flexibility index (Phi) is 6.09. The van der Waals surface area contributed by atoms with E-state index in [4.69, 9.17) is 0 Å². The molecule has 0 saturated heterocycles. The van der Waals surface area contributed by atoms with Gasteiger partial charge in [0, 0.05) is 24.8 Å². The summed E-state index contributed by atoms with van der Waals surface area (Å²) in [5, 5.41) is 0. The van der Waals surface area contributed by atoms with Crippen LogP contribution in [0.25, 0.3) is 0 Å². The summed E-state index contributed by atoms with van der Waals surface area (Å²) in [4.78, 5) is 30.5. The zero-order chi connectivity index (χ0) is 16.7. The lowest BCUT2D eigenvalue weighted by molar-refractivity contribution is -0.132. The molecule has 5 heteroatoms. The SMILES string of the molecule is CCCc1cc(=O)n(CC(=O)N(CC)Cc2ccccc2)cn1. The van der Waals surface area contributed by atoms with E-state index in [0.29, 0.717) is 13.1 Å². The van der Waals surface area contributed by atoms with Crippen molar-refractivity contribution in [2.45, 2.75) is 39.8 Å². The van der Waals surface area contributed by atoms with Gasteiger partial charge in [-0.25, -0.2) is 4.98 Å². The zero-order valence-electron chi connectivity index (χ0n) is 13.7. The van der Waals surface area contributed by atoms with Crippen molar-refractivity contribution < 1.29 is 4.79 Å². The van der Waals surface area contributed by atoms with E-state index in [-0.39, 0.29) is 18.0 Å². The van der Waals surface area contributed by atoms with Crippen molar-refractivity contribution in [2.24, 2.45) is 0 Å². The van der Waals surface area contributed by atoms with Crippen LogP contribution in [-0.4, -0.2) is 26.9 Å². The summed E-state index contributed by atoms with van der Waals surface area (Å²) in [5.74, 6) is -0.0801. The van der Waals surface area contributed by atoms with Crippen LogP contribution in [0.2, 0.25) is 0 Å². The Morgan fingerprint density at radius 3 is 2.57 bits per heavy atom. The number of benzene rings is 1. The van der Waals surface area contributed by atoms with Gasteiger partial charge >= 0.3 is 0 Å². The maximum Gasteiger partial charge on any atom is 0.253 e. The van der Waals surface area contributed by atoms with E-state index >= 15 is 0 Å². The lowest BCUT2D eigenvalue weighted by Gasteiger charge is -2.21. The van der Waals surface area contributed by atoms with Gasteiger partial charge < -0.3 is 4.90 Å². The van der Waals surface area contributed by atoms with E-state index in [0.717, 1.165) is 24.1 Å². The average Bonchev–Trinajstić information content (AvgIpc) is 2.56. The molecule has 2 rings (SSSR count). The van der Waals surface area contributed by atoms with Gasteiger partial charge in [-0.3, -0.25) is 14.2 Å². The highest BCUT2D eigenvalue weighted by Crippen LogP contribution is 2.05. The number of hydrogen-bond acceptors (Lipinski definition) is 3. The molecule has 1 aromatic carbocycles. The van der Waals surface area contributed by atoms with Crippen molar-refractivity contribution in [1.82, 2.24) is 14.5 Å². The Balaban J connectivity index is 2.06. The number of nitrogens with zero attached hydrogens (tertiary/aromatic N) is 3. The molecule has 0 radical (unpaired) electrons. The first-order chi connectivity index (χ1) is 11.1. The molecule has 0 aliphatic carbocycles. The van der Waals surface area contributed by atoms with Crippen molar-refractivity contribution in [1.29, 1.82) is 0 Å². The van der Waals surface area contributed by atoms with E-state index in [1.165, 1.54) is 17.0 Å². The van der Waals surface area contributed by atoms with Crippen LogP contribution in [0, 0.1) is 0 Å². The summed E-state index contributed by atoms with van der Waals surface area (Å²) in [5.41, 5.74) is 1.68. The molecule has 0 bridgehead atoms. The second kappa shape index (κ2) is 8.27. The summed E-state index contributed by atoms with van der Waals surface area (Å²) in [7, 11) is 0. The van der Waals surface area contributed by atoms with Crippen LogP contribution in [0.5, 0.6) is 0 Å². The normalized spacial score (nSPS) is 10.5. The van der Waals surface area contributed by atoms with Gasteiger partial charge in [0.1, 0.15) is 6.54 Å². The average molecular weight is 313 g/mol. The Hall–Kier alpha value is -2.43. The lowest BCUT2D eigenvalue weighted by Crippen LogP contribution is -2.36. The summed E-state index contributed by atoms with van der Waals surface area (Å²) < 4.78 is 1.37. The molecule has 1 amide bonds. The minimum absolute atomic E-state index is 0.0267. The first kappa shape index (κ1) is 16.9. The van der Waals surface area contributed by atoms with Crippen LogP contribution in [-0.2, 0) is 24.3 Å². The standard InChI is InChI=1S/C18H23N3O2/c1-3-8-16-11-17(22)21(14-19-16)13-18(23)20(4-2)12-15-9-6-5-7-10-15/h5-7,9-11,14H,3-4,8,12-13H2,1-2H3. The van der Waals surface area contributed by atoms with E-state index in [2.05, 4.69) is 4.98 Å². The highest BCUT2D eigenvalue weighted by molar-refractivity contribution is 5.75. The Morgan fingerprint density at radius 2 is 1.96 bits per heavy atom. The van der Waals surface area contributed by atoms with Crippen molar-refractivity contribution in [3.8, 4) is 0 Å². The predicted molar refractivity (Wildman–Crippen MR) is 90.0 cm³/mol. The summed E-state index contributed by atoms with van der Waals surface area (Å²) >= 11 is 0. The van der Waals surface area contributed by atoms with E-state index in [9.17, 15) is 9.59 Å². The number of aryl methyl sites for hydroxylation is 1. The molecule has 0 saturated carbocycles. The van der Waals surface area contributed by atoms with E-state index in [1.807, 2.05) is 44.2 Å². The highest BCUT2D eigenvalue weighted by Gasteiger charge is 2.13. The first-order valence-corrected chi connectivity index (χ1v) is 8.01. The van der Waals surface area contributed by atoms with Gasteiger partial charge in [0.25, 0.3) is 5.56 Å². The molecular weight excluding hydrogens is 290 g/mol. The molecule has 1 aromatic heterocycles. The Bertz CT molecular complexity index is 695. The van der Waals surface area contributed by atoms with Gasteiger partial charge in [-0.1, -0.05) is 43.7 Å². The van der Waals surface area contributed by atoms with Gasteiger partial charge in [-0.05, 0) is 18.9 Å². The van der Waals surface area contributed by atoms with Crippen LogP contribution < -0.4 is 5.56 Å². The molecule has 0 fully saturated rings. The third-order valence-electron chi connectivity index (χ3n) is 3.70. The fourth-order valence-corrected chi connectivity index (χ4v) is 2.40. The molecule has 0 spiro atoms. The largest absolute Gasteiger partial charge is 0.337 e. The maximum atomic E-state index is 12.4. The maximum absolute atomic E-state index is 12.4. The van der Waals surface area contributed by atoms with Gasteiger partial charge in [0.2, 0.25) is 5.91 Å². The lowest BCUT2D eigenvalue weighted by atomic mass is 10.2. The summed E-state index contributed by atoms with van der Waals surface area (Å²) in [6.07, 6.45) is 3.19. The second-order valence-electron chi connectivity index (χ2n) is 5.49. The van der Waals surface area contributed by atoms with Gasteiger partial charge in [0.05, 0.1) is 6.33 Å². The second-order valence-corrected chi connectivity index (χ2v) is 5.49. The van der Waals surface area contributed by atoms with Crippen molar-refractivity contribution >= 4 is 5.91 Å². The van der Waals surface area contributed by atoms with Crippen LogP contribution >= 0.6 is 0 Å². The molecule has 0 atom stereocenters. The summed E-state index contributed by atoms with van der Waals surface area (Å²) in [6, 6.07) is 11.4. The number of amides is 1.